The van der Waals surface area contributed by atoms with Crippen molar-refractivity contribution in [3.05, 3.63) is 71.8 Å². The Morgan fingerprint density at radius 3 is 1.03 bits per heavy atom. The summed E-state index contributed by atoms with van der Waals surface area (Å²) >= 11 is 0. The van der Waals surface area contributed by atoms with Crippen molar-refractivity contribution in [3.63, 3.8) is 0 Å². The fraction of sp³-hybridized carbons (Fsp3) is 0.400. The van der Waals surface area contributed by atoms with E-state index in [-0.39, 0.29) is 5.78 Å². The van der Waals surface area contributed by atoms with E-state index < -0.39 is 11.9 Å². The van der Waals surface area contributed by atoms with Gasteiger partial charge >= 0.3 is 11.9 Å². The number of carbonyl (C=O) groups excluding carboxylic acids is 1. The van der Waals surface area contributed by atoms with E-state index in [0.717, 1.165) is 24.0 Å². The molecule has 30 heavy (non-hydrogen) atoms. The topological polar surface area (TPSA) is 91.7 Å². The highest BCUT2D eigenvalue weighted by molar-refractivity contribution is 6.08. The highest BCUT2D eigenvalue weighted by atomic mass is 16.4. The quantitative estimate of drug-likeness (QED) is 0.508. The molecule has 0 bridgehead atoms. The van der Waals surface area contributed by atoms with Gasteiger partial charge in [-0.3, -0.25) is 14.4 Å². The first kappa shape index (κ1) is 31.7. The predicted octanol–water partition coefficient (Wildman–Crippen LogP) is 6.71. The first-order valence-electron chi connectivity index (χ1n) is 10.5. The molecule has 0 saturated heterocycles. The molecule has 0 radical (unpaired) electrons. The molecule has 0 spiro atoms. The molecule has 168 valence electrons. The summed E-state index contributed by atoms with van der Waals surface area (Å²) in [5.74, 6) is -1.35. The molecule has 0 unspecified atom stereocenters. The molecule has 0 aliphatic rings. The van der Waals surface area contributed by atoms with Gasteiger partial charge < -0.3 is 10.2 Å². The van der Waals surface area contributed by atoms with Crippen molar-refractivity contribution in [2.24, 2.45) is 0 Å². The van der Waals surface area contributed by atoms with Gasteiger partial charge in [0.15, 0.2) is 5.78 Å². The number of carbonyl (C=O) groups is 3. The minimum atomic E-state index is -0.711. The zero-order chi connectivity index (χ0) is 23.8. The van der Waals surface area contributed by atoms with Crippen LogP contribution < -0.4 is 0 Å². The van der Waals surface area contributed by atoms with Crippen LogP contribution in [0, 0.1) is 0 Å². The average molecular weight is 419 g/mol. The molecule has 5 nitrogen and oxygen atoms in total. The molecule has 0 atom stereocenters. The number of benzene rings is 2. The Hall–Kier alpha value is -2.95. The Bertz CT molecular complexity index is 594. The second-order valence-corrected chi connectivity index (χ2v) is 5.35. The Balaban J connectivity index is -0.000000385. The molecule has 0 aromatic heterocycles. The van der Waals surface area contributed by atoms with Crippen LogP contribution in [0.25, 0.3) is 0 Å². The van der Waals surface area contributed by atoms with E-state index in [1.165, 1.54) is 0 Å². The van der Waals surface area contributed by atoms with Crippen LogP contribution in [0.2, 0.25) is 0 Å². The van der Waals surface area contributed by atoms with Gasteiger partial charge in [-0.2, -0.15) is 0 Å². The number of carboxylic acid groups (broad SMARTS) is 2. The minimum Gasteiger partial charge on any atom is -0.481 e. The van der Waals surface area contributed by atoms with Gasteiger partial charge in [0, 0.05) is 24.0 Å². The first-order chi connectivity index (χ1) is 14.4. The Kier molecular flexibility index (Phi) is 25.5. The maximum atomic E-state index is 11.8. The van der Waals surface area contributed by atoms with E-state index in [2.05, 4.69) is 0 Å². The van der Waals surface area contributed by atoms with Gasteiger partial charge in [-0.15, -0.1) is 0 Å². The monoisotopic (exact) mass is 418 g/mol. The molecule has 2 aromatic rings. The van der Waals surface area contributed by atoms with Crippen LogP contribution >= 0.6 is 0 Å². The van der Waals surface area contributed by atoms with Gasteiger partial charge in [0.1, 0.15) is 0 Å². The maximum absolute atomic E-state index is 11.8. The number of ketones is 1. The second kappa shape index (κ2) is 24.1. The second-order valence-electron chi connectivity index (χ2n) is 5.35. The summed E-state index contributed by atoms with van der Waals surface area (Å²) in [7, 11) is 0. The zero-order valence-electron chi connectivity index (χ0n) is 19.2. The number of carboxylic acids is 2. The summed E-state index contributed by atoms with van der Waals surface area (Å²) in [5.41, 5.74) is 1.47. The van der Waals surface area contributed by atoms with Crippen LogP contribution in [0.3, 0.4) is 0 Å². The molecule has 2 aromatic carbocycles. The van der Waals surface area contributed by atoms with Gasteiger partial charge in [-0.1, -0.05) is 102 Å². The fourth-order valence-electron chi connectivity index (χ4n) is 1.77. The standard InChI is InChI=1S/C13H10O.2C4H8O2.2C2H6/c14-13(11-7-3-1-4-8-11)12-9-5-2-6-10-12;2*1-2-3-4(5)6;2*1-2/h1-10H;2*2-3H2,1H3,(H,5,6);2*1-2H3. The average Bonchev–Trinajstić information content (AvgIpc) is 2.78. The van der Waals surface area contributed by atoms with Gasteiger partial charge in [-0.25, -0.2) is 0 Å². The summed E-state index contributed by atoms with van der Waals surface area (Å²) in [6.07, 6.45) is 2.05. The van der Waals surface area contributed by atoms with E-state index in [0.29, 0.717) is 12.8 Å². The van der Waals surface area contributed by atoms with E-state index in [1.54, 1.807) is 0 Å². The third-order valence-corrected chi connectivity index (χ3v) is 3.00. The van der Waals surface area contributed by atoms with Crippen LogP contribution in [-0.4, -0.2) is 27.9 Å². The van der Waals surface area contributed by atoms with Crippen molar-refractivity contribution in [2.75, 3.05) is 0 Å². The summed E-state index contributed by atoms with van der Waals surface area (Å²) in [4.78, 5) is 31.0. The lowest BCUT2D eigenvalue weighted by Crippen LogP contribution is -1.99. The SMILES string of the molecule is CC.CC.CCCC(=O)O.CCCC(=O)O.O=C(c1ccccc1)c1ccccc1. The highest BCUT2D eigenvalue weighted by Crippen LogP contribution is 2.08. The van der Waals surface area contributed by atoms with E-state index in [1.807, 2.05) is 102 Å². The van der Waals surface area contributed by atoms with Crippen LogP contribution in [0.5, 0.6) is 0 Å². The van der Waals surface area contributed by atoms with E-state index in [4.69, 9.17) is 10.2 Å². The minimum absolute atomic E-state index is 0.0752. The van der Waals surface area contributed by atoms with Gasteiger partial charge in [0.2, 0.25) is 0 Å². The van der Waals surface area contributed by atoms with Gasteiger partial charge in [0.25, 0.3) is 0 Å². The molecule has 0 saturated carbocycles. The van der Waals surface area contributed by atoms with Crippen molar-refractivity contribution in [1.29, 1.82) is 0 Å². The van der Waals surface area contributed by atoms with Crippen LogP contribution in [-0.2, 0) is 9.59 Å². The third-order valence-electron chi connectivity index (χ3n) is 3.00. The molecule has 5 heteroatoms. The predicted molar refractivity (Wildman–Crippen MR) is 124 cm³/mol. The summed E-state index contributed by atoms with van der Waals surface area (Å²) in [6, 6.07) is 18.6. The van der Waals surface area contributed by atoms with Crippen molar-refractivity contribution in [1.82, 2.24) is 0 Å². The molecule has 0 heterocycles. The molecule has 0 aliphatic carbocycles. The highest BCUT2D eigenvalue weighted by Gasteiger charge is 2.06. The molecule has 0 fully saturated rings. The zero-order valence-corrected chi connectivity index (χ0v) is 19.2. The van der Waals surface area contributed by atoms with Crippen LogP contribution in [0.15, 0.2) is 60.7 Å². The Morgan fingerprint density at radius 1 is 0.600 bits per heavy atom. The molecular formula is C25H38O5. The van der Waals surface area contributed by atoms with E-state index in [9.17, 15) is 14.4 Å². The maximum Gasteiger partial charge on any atom is 0.303 e. The number of rotatable bonds is 6. The lowest BCUT2D eigenvalue weighted by molar-refractivity contribution is -0.138. The first-order valence-corrected chi connectivity index (χ1v) is 10.5. The van der Waals surface area contributed by atoms with Crippen molar-refractivity contribution >= 4 is 17.7 Å². The lowest BCUT2D eigenvalue weighted by Gasteiger charge is -1.99. The van der Waals surface area contributed by atoms with Crippen molar-refractivity contribution < 1.29 is 24.6 Å². The summed E-state index contributed by atoms with van der Waals surface area (Å²) < 4.78 is 0. The Morgan fingerprint density at radius 2 is 0.867 bits per heavy atom. The van der Waals surface area contributed by atoms with Crippen molar-refractivity contribution in [3.8, 4) is 0 Å². The van der Waals surface area contributed by atoms with Crippen molar-refractivity contribution in [2.45, 2.75) is 67.2 Å². The molecule has 2 rings (SSSR count). The molecule has 0 amide bonds. The van der Waals surface area contributed by atoms with Gasteiger partial charge in [0.05, 0.1) is 0 Å². The molecule has 0 aliphatic heterocycles. The van der Waals surface area contributed by atoms with E-state index >= 15 is 0 Å². The van der Waals surface area contributed by atoms with Gasteiger partial charge in [-0.05, 0) is 12.8 Å². The summed E-state index contributed by atoms with van der Waals surface area (Å²) in [5, 5.41) is 15.8. The molecule has 2 N–H and O–H groups in total. The normalized spacial score (nSPS) is 8.20. The van der Waals surface area contributed by atoms with Crippen LogP contribution in [0.4, 0.5) is 0 Å². The molecular weight excluding hydrogens is 380 g/mol. The largest absolute Gasteiger partial charge is 0.481 e. The number of aliphatic carboxylic acids is 2. The number of hydrogen-bond acceptors (Lipinski definition) is 3. The smallest absolute Gasteiger partial charge is 0.303 e. The lowest BCUT2D eigenvalue weighted by atomic mass is 10.0. The third kappa shape index (κ3) is 19.8. The van der Waals surface area contributed by atoms with Crippen LogP contribution in [0.1, 0.15) is 83.1 Å². The fourth-order valence-corrected chi connectivity index (χ4v) is 1.77. The summed E-state index contributed by atoms with van der Waals surface area (Å²) in [6.45, 7) is 11.7. The number of hydrogen-bond donors (Lipinski definition) is 2. The Labute approximate surface area is 181 Å².